The number of nitro benzene ring substituents is 1. The Balaban J connectivity index is 3.11. The van der Waals surface area contributed by atoms with Crippen LogP contribution in [0.1, 0.15) is 18.1 Å². The van der Waals surface area contributed by atoms with Gasteiger partial charge in [0.15, 0.2) is 0 Å². The highest BCUT2D eigenvalue weighted by Gasteiger charge is 2.11. The fourth-order valence-electron chi connectivity index (χ4n) is 1.26. The van der Waals surface area contributed by atoms with Crippen molar-refractivity contribution in [2.75, 3.05) is 0 Å². The molecule has 0 aliphatic carbocycles. The van der Waals surface area contributed by atoms with E-state index < -0.39 is 4.92 Å². The Morgan fingerprint density at radius 2 is 2.33 bits per heavy atom. The van der Waals surface area contributed by atoms with Crippen molar-refractivity contribution in [3.8, 4) is 6.07 Å². The summed E-state index contributed by atoms with van der Waals surface area (Å²) >= 11 is 5.80. The highest BCUT2D eigenvalue weighted by Crippen LogP contribution is 2.19. The highest BCUT2D eigenvalue weighted by molar-refractivity contribution is 6.20. The molecule has 1 rings (SSSR count). The summed E-state index contributed by atoms with van der Waals surface area (Å²) in [5.41, 5.74) is 0.986. The minimum absolute atomic E-state index is 0.0717. The van der Waals surface area contributed by atoms with Crippen LogP contribution < -0.4 is 0 Å². The molecule has 4 nitrogen and oxygen atoms in total. The summed E-state index contributed by atoms with van der Waals surface area (Å²) in [5.74, 6) is 0. The Bertz CT molecular complexity index is 424. The Hall–Kier alpha value is -1.60. The zero-order chi connectivity index (χ0) is 11.4. The monoisotopic (exact) mass is 224 g/mol. The molecule has 5 heteroatoms. The molecule has 0 heterocycles. The van der Waals surface area contributed by atoms with Crippen LogP contribution in [-0.2, 0) is 6.42 Å². The molecular weight excluding hydrogens is 216 g/mol. The van der Waals surface area contributed by atoms with Gasteiger partial charge in [0, 0.05) is 17.5 Å². The van der Waals surface area contributed by atoms with E-state index in [1.54, 1.807) is 6.07 Å². The van der Waals surface area contributed by atoms with E-state index in [1.807, 2.05) is 13.0 Å². The second-order valence-electron chi connectivity index (χ2n) is 3.20. The lowest BCUT2D eigenvalue weighted by Gasteiger charge is -2.04. The fraction of sp³-hybridized carbons (Fsp3) is 0.300. The molecule has 0 fully saturated rings. The topological polar surface area (TPSA) is 66.9 Å². The molecule has 0 saturated carbocycles. The summed E-state index contributed by atoms with van der Waals surface area (Å²) in [5, 5.41) is 19.2. The molecule has 1 atom stereocenters. The minimum atomic E-state index is -0.519. The highest BCUT2D eigenvalue weighted by atomic mass is 35.5. The van der Waals surface area contributed by atoms with Gasteiger partial charge in [-0.3, -0.25) is 10.1 Å². The largest absolute Gasteiger partial charge is 0.270 e. The predicted molar refractivity (Wildman–Crippen MR) is 56.8 cm³/mol. The Kier molecular flexibility index (Phi) is 3.64. The average Bonchev–Trinajstić information content (AvgIpc) is 2.17. The predicted octanol–water partition coefficient (Wildman–Crippen LogP) is 2.64. The van der Waals surface area contributed by atoms with E-state index in [2.05, 4.69) is 0 Å². The van der Waals surface area contributed by atoms with Gasteiger partial charge in [-0.1, -0.05) is 6.07 Å². The number of hydrogen-bond donors (Lipinski definition) is 0. The number of benzene rings is 1. The first-order chi connectivity index (χ1) is 7.04. The Morgan fingerprint density at radius 1 is 1.67 bits per heavy atom. The van der Waals surface area contributed by atoms with E-state index >= 15 is 0 Å². The second-order valence-corrected chi connectivity index (χ2v) is 3.94. The fourth-order valence-corrected chi connectivity index (χ4v) is 1.43. The molecule has 1 aromatic carbocycles. The van der Waals surface area contributed by atoms with Crippen molar-refractivity contribution in [1.82, 2.24) is 0 Å². The number of nitrogens with zero attached hydrogens (tertiary/aromatic N) is 2. The van der Waals surface area contributed by atoms with E-state index in [0.29, 0.717) is 12.0 Å². The minimum Gasteiger partial charge on any atom is -0.258 e. The Labute approximate surface area is 92.2 Å². The first-order valence-electron chi connectivity index (χ1n) is 4.36. The van der Waals surface area contributed by atoms with Crippen molar-refractivity contribution in [2.24, 2.45) is 0 Å². The number of alkyl halides is 1. The molecule has 0 saturated heterocycles. The quantitative estimate of drug-likeness (QED) is 0.450. The van der Waals surface area contributed by atoms with Gasteiger partial charge < -0.3 is 0 Å². The number of halogens is 1. The molecule has 1 aromatic rings. The van der Waals surface area contributed by atoms with Gasteiger partial charge in [-0.05, 0) is 18.9 Å². The maximum Gasteiger partial charge on any atom is 0.270 e. The lowest BCUT2D eigenvalue weighted by molar-refractivity contribution is -0.384. The van der Waals surface area contributed by atoms with Gasteiger partial charge in [-0.2, -0.15) is 5.26 Å². The zero-order valence-corrected chi connectivity index (χ0v) is 8.86. The van der Waals surface area contributed by atoms with Crippen LogP contribution in [0, 0.1) is 21.4 Å². The van der Waals surface area contributed by atoms with Crippen LogP contribution in [0.4, 0.5) is 5.69 Å². The number of hydrogen-bond acceptors (Lipinski definition) is 3. The van der Waals surface area contributed by atoms with Crippen molar-refractivity contribution in [1.29, 1.82) is 5.26 Å². The van der Waals surface area contributed by atoms with Crippen LogP contribution in [0.25, 0.3) is 0 Å². The van der Waals surface area contributed by atoms with Crippen LogP contribution in [0.2, 0.25) is 0 Å². The normalized spacial score (nSPS) is 11.8. The summed E-state index contributed by atoms with van der Waals surface area (Å²) in [4.78, 5) is 9.95. The number of nitro groups is 1. The molecule has 0 aliphatic heterocycles. The number of nitriles is 1. The van der Waals surface area contributed by atoms with Crippen molar-refractivity contribution < 1.29 is 4.92 Å². The molecule has 0 radical (unpaired) electrons. The van der Waals surface area contributed by atoms with E-state index in [0.717, 1.165) is 5.56 Å². The molecule has 0 aromatic heterocycles. The summed E-state index contributed by atoms with van der Waals surface area (Å²) in [6.07, 6.45) is 0.530. The zero-order valence-electron chi connectivity index (χ0n) is 8.11. The third-order valence-corrected chi connectivity index (χ3v) is 2.08. The standard InChI is InChI=1S/C10H9ClN2O2/c1-7(11)4-8-2-3-10(13(14)15)5-9(8)6-12/h2-3,5,7H,4H2,1H3. The van der Waals surface area contributed by atoms with Crippen LogP contribution in [0.15, 0.2) is 18.2 Å². The van der Waals surface area contributed by atoms with Crippen molar-refractivity contribution in [2.45, 2.75) is 18.7 Å². The maximum absolute atomic E-state index is 10.5. The third kappa shape index (κ3) is 2.93. The van der Waals surface area contributed by atoms with Gasteiger partial charge in [0.05, 0.1) is 16.6 Å². The van der Waals surface area contributed by atoms with Crippen LogP contribution >= 0.6 is 11.6 Å². The van der Waals surface area contributed by atoms with E-state index in [1.165, 1.54) is 12.1 Å². The summed E-state index contributed by atoms with van der Waals surface area (Å²) < 4.78 is 0. The summed E-state index contributed by atoms with van der Waals surface area (Å²) in [6.45, 7) is 1.81. The first kappa shape index (κ1) is 11.5. The molecule has 15 heavy (non-hydrogen) atoms. The summed E-state index contributed by atoms with van der Waals surface area (Å²) in [7, 11) is 0. The van der Waals surface area contributed by atoms with Crippen molar-refractivity contribution in [3.63, 3.8) is 0 Å². The Morgan fingerprint density at radius 3 is 2.80 bits per heavy atom. The maximum atomic E-state index is 10.5. The molecule has 0 bridgehead atoms. The van der Waals surface area contributed by atoms with Crippen molar-refractivity contribution in [3.05, 3.63) is 39.4 Å². The molecule has 0 amide bonds. The van der Waals surface area contributed by atoms with E-state index in [4.69, 9.17) is 16.9 Å². The molecular formula is C10H9ClN2O2. The average molecular weight is 225 g/mol. The SMILES string of the molecule is CC(Cl)Cc1ccc([N+](=O)[O-])cc1C#N. The smallest absolute Gasteiger partial charge is 0.258 e. The van der Waals surface area contributed by atoms with Gasteiger partial charge >= 0.3 is 0 Å². The van der Waals surface area contributed by atoms with Gasteiger partial charge in [0.2, 0.25) is 0 Å². The lowest BCUT2D eigenvalue weighted by atomic mass is 10.0. The molecule has 0 spiro atoms. The van der Waals surface area contributed by atoms with Crippen molar-refractivity contribution >= 4 is 17.3 Å². The molecule has 0 aliphatic rings. The number of rotatable bonds is 3. The molecule has 1 unspecified atom stereocenters. The summed E-state index contributed by atoms with van der Waals surface area (Å²) in [6, 6.07) is 6.17. The van der Waals surface area contributed by atoms with E-state index in [9.17, 15) is 10.1 Å². The van der Waals surface area contributed by atoms with Crippen LogP contribution in [-0.4, -0.2) is 10.3 Å². The van der Waals surface area contributed by atoms with Gasteiger partial charge in [0.25, 0.3) is 5.69 Å². The van der Waals surface area contributed by atoms with Gasteiger partial charge in [-0.15, -0.1) is 11.6 Å². The first-order valence-corrected chi connectivity index (χ1v) is 4.79. The second kappa shape index (κ2) is 4.76. The van der Waals surface area contributed by atoms with Crippen LogP contribution in [0.5, 0.6) is 0 Å². The van der Waals surface area contributed by atoms with Gasteiger partial charge in [-0.25, -0.2) is 0 Å². The van der Waals surface area contributed by atoms with Gasteiger partial charge in [0.1, 0.15) is 0 Å². The lowest BCUT2D eigenvalue weighted by Crippen LogP contribution is -2.00. The molecule has 78 valence electrons. The van der Waals surface area contributed by atoms with Crippen LogP contribution in [0.3, 0.4) is 0 Å². The van der Waals surface area contributed by atoms with E-state index in [-0.39, 0.29) is 11.1 Å². The number of non-ortho nitro benzene ring substituents is 1. The third-order valence-electron chi connectivity index (χ3n) is 1.93. The molecule has 0 N–H and O–H groups in total.